The number of nitro benzene ring substituents is 1. The molecule has 0 spiro atoms. The number of ketones is 1. The van der Waals surface area contributed by atoms with Crippen LogP contribution in [-0.2, 0) is 14.3 Å². The van der Waals surface area contributed by atoms with Gasteiger partial charge in [-0.2, -0.15) is 0 Å². The van der Waals surface area contributed by atoms with E-state index >= 15 is 0 Å². The molecule has 0 aliphatic heterocycles. The summed E-state index contributed by atoms with van der Waals surface area (Å²) in [5, 5.41) is 13.3. The van der Waals surface area contributed by atoms with Crippen LogP contribution in [-0.4, -0.2) is 35.7 Å². The Morgan fingerprint density at radius 1 is 0.941 bits per heavy atom. The maximum absolute atomic E-state index is 13.0. The normalized spacial score (nSPS) is 11.2. The van der Waals surface area contributed by atoms with Crippen LogP contribution in [0.5, 0.6) is 5.75 Å². The lowest BCUT2D eigenvalue weighted by atomic mass is 9.99. The molecule has 9 heteroatoms. The molecule has 174 valence electrons. The molecule has 34 heavy (non-hydrogen) atoms. The molecule has 0 saturated carbocycles. The molecule has 0 aliphatic carbocycles. The van der Waals surface area contributed by atoms with Crippen LogP contribution in [0, 0.1) is 17.0 Å². The van der Waals surface area contributed by atoms with Crippen molar-refractivity contribution in [3.05, 3.63) is 106 Å². The zero-order valence-electron chi connectivity index (χ0n) is 18.3. The van der Waals surface area contributed by atoms with Crippen LogP contribution >= 0.6 is 0 Å². The lowest BCUT2D eigenvalue weighted by Gasteiger charge is -2.18. The monoisotopic (exact) mass is 462 g/mol. The summed E-state index contributed by atoms with van der Waals surface area (Å²) in [6.45, 7) is 1.06. The van der Waals surface area contributed by atoms with E-state index in [2.05, 4.69) is 5.32 Å². The summed E-state index contributed by atoms with van der Waals surface area (Å²) in [6.07, 6.45) is -1.34. The van der Waals surface area contributed by atoms with Gasteiger partial charge >= 0.3 is 5.97 Å². The SMILES string of the molecule is Cc1ccccc1OCC(=O)NCC(=O)O[C@@H](C(=O)c1ccccc1)c1ccc([N+](=O)[O-])cc1. The van der Waals surface area contributed by atoms with Crippen LogP contribution in [0.25, 0.3) is 0 Å². The second-order valence-corrected chi connectivity index (χ2v) is 7.28. The van der Waals surface area contributed by atoms with E-state index in [4.69, 9.17) is 9.47 Å². The fourth-order valence-corrected chi connectivity index (χ4v) is 3.05. The molecule has 3 aromatic rings. The average molecular weight is 462 g/mol. The van der Waals surface area contributed by atoms with Crippen molar-refractivity contribution < 1.29 is 28.8 Å². The minimum absolute atomic E-state index is 0.165. The van der Waals surface area contributed by atoms with Gasteiger partial charge < -0.3 is 14.8 Å². The number of para-hydroxylation sites is 1. The largest absolute Gasteiger partial charge is 0.484 e. The van der Waals surface area contributed by atoms with E-state index in [9.17, 15) is 24.5 Å². The number of ether oxygens (including phenoxy) is 2. The van der Waals surface area contributed by atoms with Gasteiger partial charge in [-0.15, -0.1) is 0 Å². The molecule has 3 rings (SSSR count). The van der Waals surface area contributed by atoms with Gasteiger partial charge in [-0.25, -0.2) is 0 Å². The standard InChI is InChI=1S/C25H22N2O7/c1-17-7-5-6-10-21(17)33-16-22(28)26-15-23(29)34-25(24(30)18-8-3-2-4-9-18)19-11-13-20(14-12-19)27(31)32/h2-14,25H,15-16H2,1H3,(H,26,28)/t25-/m1/s1. The van der Waals surface area contributed by atoms with Crippen LogP contribution in [0.4, 0.5) is 5.69 Å². The number of rotatable bonds is 10. The number of esters is 1. The van der Waals surface area contributed by atoms with E-state index in [1.54, 1.807) is 42.5 Å². The number of nitro groups is 1. The molecule has 0 fully saturated rings. The molecular formula is C25H22N2O7. The molecule has 0 saturated heterocycles. The highest BCUT2D eigenvalue weighted by Crippen LogP contribution is 2.25. The molecule has 3 aromatic carbocycles. The summed E-state index contributed by atoms with van der Waals surface area (Å²) in [5.74, 6) is -1.35. The highest BCUT2D eigenvalue weighted by atomic mass is 16.6. The third-order valence-electron chi connectivity index (χ3n) is 4.83. The molecule has 9 nitrogen and oxygen atoms in total. The Balaban J connectivity index is 1.65. The first-order valence-electron chi connectivity index (χ1n) is 10.3. The number of nitrogens with zero attached hydrogens (tertiary/aromatic N) is 1. The number of benzene rings is 3. The van der Waals surface area contributed by atoms with Crippen molar-refractivity contribution in [3.8, 4) is 5.75 Å². The third-order valence-corrected chi connectivity index (χ3v) is 4.83. The molecule has 0 heterocycles. The Bertz CT molecular complexity index is 1180. The van der Waals surface area contributed by atoms with Gasteiger partial charge in [-0.05, 0) is 30.7 Å². The zero-order valence-corrected chi connectivity index (χ0v) is 18.3. The number of non-ortho nitro benzene ring substituents is 1. The first-order chi connectivity index (χ1) is 16.3. The van der Waals surface area contributed by atoms with Gasteiger partial charge in [0.1, 0.15) is 12.3 Å². The molecule has 1 atom stereocenters. The Labute approximate surface area is 195 Å². The van der Waals surface area contributed by atoms with Crippen LogP contribution in [0.3, 0.4) is 0 Å². The lowest BCUT2D eigenvalue weighted by Crippen LogP contribution is -2.35. The van der Waals surface area contributed by atoms with Gasteiger partial charge in [0.2, 0.25) is 5.78 Å². The second kappa shape index (κ2) is 11.4. The molecule has 0 bridgehead atoms. The molecule has 0 aromatic heterocycles. The summed E-state index contributed by atoms with van der Waals surface area (Å²) in [5.41, 5.74) is 1.26. The zero-order chi connectivity index (χ0) is 24.5. The topological polar surface area (TPSA) is 125 Å². The summed E-state index contributed by atoms with van der Waals surface area (Å²) >= 11 is 0. The van der Waals surface area contributed by atoms with Crippen molar-refractivity contribution in [1.29, 1.82) is 0 Å². The van der Waals surface area contributed by atoms with Gasteiger partial charge in [-0.1, -0.05) is 48.5 Å². The van der Waals surface area contributed by atoms with Crippen molar-refractivity contribution >= 4 is 23.3 Å². The first kappa shape index (κ1) is 24.1. The van der Waals surface area contributed by atoms with E-state index in [0.717, 1.165) is 5.56 Å². The van der Waals surface area contributed by atoms with E-state index < -0.39 is 35.2 Å². The van der Waals surface area contributed by atoms with Crippen molar-refractivity contribution in [2.24, 2.45) is 0 Å². The number of carbonyl (C=O) groups is 3. The minimum Gasteiger partial charge on any atom is -0.484 e. The lowest BCUT2D eigenvalue weighted by molar-refractivity contribution is -0.384. The molecule has 1 amide bonds. The number of Topliss-reactive ketones (excluding diaryl/α,β-unsaturated/α-hetero) is 1. The van der Waals surface area contributed by atoms with E-state index in [0.29, 0.717) is 11.3 Å². The molecular weight excluding hydrogens is 440 g/mol. The van der Waals surface area contributed by atoms with Crippen molar-refractivity contribution in [1.82, 2.24) is 5.32 Å². The summed E-state index contributed by atoms with van der Waals surface area (Å²) in [4.78, 5) is 47.9. The smallest absolute Gasteiger partial charge is 0.326 e. The molecule has 0 aliphatic rings. The van der Waals surface area contributed by atoms with Gasteiger partial charge in [0.15, 0.2) is 12.7 Å². The maximum Gasteiger partial charge on any atom is 0.326 e. The van der Waals surface area contributed by atoms with Crippen LogP contribution in [0.1, 0.15) is 27.6 Å². The highest BCUT2D eigenvalue weighted by molar-refractivity contribution is 6.01. The van der Waals surface area contributed by atoms with Gasteiger partial charge in [0.25, 0.3) is 11.6 Å². The fourth-order valence-electron chi connectivity index (χ4n) is 3.05. The predicted octanol–water partition coefficient (Wildman–Crippen LogP) is 3.57. The van der Waals surface area contributed by atoms with Gasteiger partial charge in [0.05, 0.1) is 4.92 Å². The number of amides is 1. The predicted molar refractivity (Wildman–Crippen MR) is 122 cm³/mol. The quantitative estimate of drug-likeness (QED) is 0.211. The van der Waals surface area contributed by atoms with Crippen LogP contribution < -0.4 is 10.1 Å². The maximum atomic E-state index is 13.0. The van der Waals surface area contributed by atoms with E-state index in [1.165, 1.54) is 24.3 Å². The average Bonchev–Trinajstić information content (AvgIpc) is 2.85. The first-order valence-corrected chi connectivity index (χ1v) is 10.3. The molecule has 1 N–H and O–H groups in total. The summed E-state index contributed by atoms with van der Waals surface area (Å²) in [7, 11) is 0. The number of carbonyl (C=O) groups excluding carboxylic acids is 3. The number of nitrogens with one attached hydrogen (secondary N) is 1. The van der Waals surface area contributed by atoms with Crippen molar-refractivity contribution in [2.75, 3.05) is 13.2 Å². The van der Waals surface area contributed by atoms with E-state index in [-0.39, 0.29) is 17.9 Å². The number of hydrogen-bond donors (Lipinski definition) is 1. The second-order valence-electron chi connectivity index (χ2n) is 7.28. The van der Waals surface area contributed by atoms with E-state index in [1.807, 2.05) is 19.1 Å². The van der Waals surface area contributed by atoms with Crippen LogP contribution in [0.2, 0.25) is 0 Å². The van der Waals surface area contributed by atoms with Gasteiger partial charge in [-0.3, -0.25) is 24.5 Å². The van der Waals surface area contributed by atoms with Crippen LogP contribution in [0.15, 0.2) is 78.9 Å². The Kier molecular flexibility index (Phi) is 8.07. The number of hydrogen-bond acceptors (Lipinski definition) is 7. The third kappa shape index (κ3) is 6.49. The number of aryl methyl sites for hydroxylation is 1. The Morgan fingerprint density at radius 2 is 1.59 bits per heavy atom. The summed E-state index contributed by atoms with van der Waals surface area (Å²) in [6, 6.07) is 20.5. The fraction of sp³-hybridized carbons (Fsp3) is 0.160. The van der Waals surface area contributed by atoms with Crippen molar-refractivity contribution in [2.45, 2.75) is 13.0 Å². The summed E-state index contributed by atoms with van der Waals surface area (Å²) < 4.78 is 10.8. The highest BCUT2D eigenvalue weighted by Gasteiger charge is 2.27. The van der Waals surface area contributed by atoms with Crippen molar-refractivity contribution in [3.63, 3.8) is 0 Å². The molecule has 0 radical (unpaired) electrons. The Morgan fingerprint density at radius 3 is 2.24 bits per heavy atom. The van der Waals surface area contributed by atoms with Gasteiger partial charge in [0, 0.05) is 23.3 Å². The Hall–Kier alpha value is -4.53. The molecule has 0 unspecified atom stereocenters. The minimum atomic E-state index is -1.34.